The van der Waals surface area contributed by atoms with Gasteiger partial charge in [0.05, 0.1) is 0 Å². The van der Waals surface area contributed by atoms with Gasteiger partial charge in [-0.1, -0.05) is 0 Å². The lowest BCUT2D eigenvalue weighted by Crippen LogP contribution is -2.59. The molecule has 0 spiro atoms. The van der Waals surface area contributed by atoms with Gasteiger partial charge >= 0.3 is 12.1 Å². The van der Waals surface area contributed by atoms with Gasteiger partial charge in [-0.25, -0.2) is 4.79 Å². The number of halogens is 4. The largest absolute Gasteiger partial charge is 0.480 e. The van der Waals surface area contributed by atoms with Crippen molar-refractivity contribution in [3.63, 3.8) is 0 Å². The Morgan fingerprint density at radius 3 is 2.53 bits per heavy atom. The molecule has 0 fully saturated rings. The highest BCUT2D eigenvalue weighted by molar-refractivity contribution is 9.10. The van der Waals surface area contributed by atoms with Gasteiger partial charge in [-0.15, -0.1) is 11.3 Å². The van der Waals surface area contributed by atoms with E-state index in [1.807, 2.05) is 5.32 Å². The second-order valence-corrected chi connectivity index (χ2v) is 5.42. The lowest BCUT2D eigenvalue weighted by Gasteiger charge is -2.28. The zero-order chi connectivity index (χ0) is 13.3. The Balaban J connectivity index is 2.79. The molecule has 1 heterocycles. The maximum Gasteiger partial charge on any atom is 0.417 e. The summed E-state index contributed by atoms with van der Waals surface area (Å²) in [5, 5.41) is 12.4. The Hall–Kier alpha value is -0.600. The number of carbonyl (C=O) groups is 1. The van der Waals surface area contributed by atoms with Gasteiger partial charge in [0.15, 0.2) is 0 Å². The minimum Gasteiger partial charge on any atom is -0.480 e. The number of hydrogen-bond acceptors (Lipinski definition) is 3. The maximum absolute atomic E-state index is 12.6. The van der Waals surface area contributed by atoms with Crippen LogP contribution in [-0.2, 0) is 11.3 Å². The molecule has 1 aromatic rings. The standard InChI is InChI=1S/C9H9BrF3NO2S/c1-8(7(15)16,9(11,12)13)14-3-6-2-5(10)4-17-6/h2,4,14H,3H2,1H3,(H,15,16). The summed E-state index contributed by atoms with van der Waals surface area (Å²) in [7, 11) is 0. The number of hydrogen-bond donors (Lipinski definition) is 2. The van der Waals surface area contributed by atoms with E-state index in [4.69, 9.17) is 5.11 Å². The number of thiophene rings is 1. The molecule has 1 atom stereocenters. The number of aliphatic carboxylic acids is 1. The molecule has 0 aliphatic rings. The average Bonchev–Trinajstić information content (AvgIpc) is 2.58. The number of nitrogens with one attached hydrogen (secondary N) is 1. The molecule has 0 aliphatic carbocycles. The molecule has 0 aromatic carbocycles. The van der Waals surface area contributed by atoms with Crippen molar-refractivity contribution in [3.8, 4) is 0 Å². The normalized spacial score (nSPS) is 15.6. The third-order valence-electron chi connectivity index (χ3n) is 2.23. The van der Waals surface area contributed by atoms with Crippen molar-refractivity contribution < 1.29 is 23.1 Å². The second kappa shape index (κ2) is 4.95. The van der Waals surface area contributed by atoms with E-state index in [0.717, 1.165) is 4.47 Å². The predicted octanol–water partition coefficient (Wildman–Crippen LogP) is 3.01. The van der Waals surface area contributed by atoms with Crippen LogP contribution in [0, 0.1) is 0 Å². The molecule has 0 radical (unpaired) electrons. The molecule has 1 unspecified atom stereocenters. The Morgan fingerprint density at radius 2 is 2.18 bits per heavy atom. The van der Waals surface area contributed by atoms with Crippen molar-refractivity contribution in [2.24, 2.45) is 0 Å². The molecule has 2 N–H and O–H groups in total. The van der Waals surface area contributed by atoms with Crippen molar-refractivity contribution in [3.05, 3.63) is 20.8 Å². The first-order valence-corrected chi connectivity index (χ1v) is 6.12. The molecule has 3 nitrogen and oxygen atoms in total. The summed E-state index contributed by atoms with van der Waals surface area (Å²) in [4.78, 5) is 11.3. The average molecular weight is 332 g/mol. The van der Waals surface area contributed by atoms with Crippen molar-refractivity contribution in [2.45, 2.75) is 25.2 Å². The fourth-order valence-electron chi connectivity index (χ4n) is 1.01. The molecule has 0 amide bonds. The van der Waals surface area contributed by atoms with Crippen molar-refractivity contribution in [1.29, 1.82) is 0 Å². The fraction of sp³-hybridized carbons (Fsp3) is 0.444. The molecule has 96 valence electrons. The van der Waals surface area contributed by atoms with E-state index in [-0.39, 0.29) is 6.54 Å². The topological polar surface area (TPSA) is 49.3 Å². The highest BCUT2D eigenvalue weighted by Gasteiger charge is 2.57. The van der Waals surface area contributed by atoms with Crippen molar-refractivity contribution >= 4 is 33.2 Å². The zero-order valence-electron chi connectivity index (χ0n) is 8.64. The van der Waals surface area contributed by atoms with E-state index >= 15 is 0 Å². The fourth-order valence-corrected chi connectivity index (χ4v) is 2.40. The first kappa shape index (κ1) is 14.5. The monoisotopic (exact) mass is 331 g/mol. The Morgan fingerprint density at radius 1 is 1.59 bits per heavy atom. The Kier molecular flexibility index (Phi) is 4.21. The second-order valence-electron chi connectivity index (χ2n) is 3.51. The van der Waals surface area contributed by atoms with E-state index in [0.29, 0.717) is 11.8 Å². The van der Waals surface area contributed by atoms with Gasteiger partial charge in [0.1, 0.15) is 0 Å². The van der Waals surface area contributed by atoms with Gasteiger partial charge in [0, 0.05) is 21.3 Å². The van der Waals surface area contributed by atoms with Gasteiger partial charge in [-0.2, -0.15) is 13.2 Å². The minimum atomic E-state index is -4.85. The van der Waals surface area contributed by atoms with E-state index in [9.17, 15) is 18.0 Å². The summed E-state index contributed by atoms with van der Waals surface area (Å²) in [5.74, 6) is -1.94. The van der Waals surface area contributed by atoms with Crippen LogP contribution in [0.3, 0.4) is 0 Å². The molecule has 1 rings (SSSR count). The van der Waals surface area contributed by atoms with E-state index < -0.39 is 17.7 Å². The summed E-state index contributed by atoms with van der Waals surface area (Å²) >= 11 is 4.41. The molecule has 1 aromatic heterocycles. The van der Waals surface area contributed by atoms with E-state index in [1.165, 1.54) is 11.3 Å². The van der Waals surface area contributed by atoms with Gasteiger partial charge in [-0.3, -0.25) is 5.32 Å². The van der Waals surface area contributed by atoms with Crippen LogP contribution in [0.2, 0.25) is 0 Å². The molecular weight excluding hydrogens is 323 g/mol. The minimum absolute atomic E-state index is 0.154. The number of rotatable bonds is 4. The summed E-state index contributed by atoms with van der Waals surface area (Å²) in [5.41, 5.74) is -2.94. The van der Waals surface area contributed by atoms with Crippen molar-refractivity contribution in [2.75, 3.05) is 0 Å². The molecule has 0 saturated heterocycles. The van der Waals surface area contributed by atoms with Gasteiger partial charge in [-0.05, 0) is 28.9 Å². The first-order chi connectivity index (χ1) is 7.67. The third-order valence-corrected chi connectivity index (χ3v) is 3.93. The summed E-state index contributed by atoms with van der Waals surface area (Å²) in [6.07, 6.45) is -4.85. The first-order valence-electron chi connectivity index (χ1n) is 4.45. The molecular formula is C9H9BrF3NO2S. The van der Waals surface area contributed by atoms with Crippen LogP contribution in [0.1, 0.15) is 11.8 Å². The van der Waals surface area contributed by atoms with E-state index in [1.54, 1.807) is 11.4 Å². The number of carboxylic acids is 1. The van der Waals surface area contributed by atoms with Gasteiger partial charge in [0.25, 0.3) is 0 Å². The lowest BCUT2D eigenvalue weighted by molar-refractivity contribution is -0.206. The molecule has 17 heavy (non-hydrogen) atoms. The quantitative estimate of drug-likeness (QED) is 0.891. The summed E-state index contributed by atoms with van der Waals surface area (Å²) < 4.78 is 38.6. The molecule has 8 heteroatoms. The smallest absolute Gasteiger partial charge is 0.417 e. The van der Waals surface area contributed by atoms with Crippen LogP contribution in [-0.4, -0.2) is 22.8 Å². The molecule has 0 aliphatic heterocycles. The van der Waals surface area contributed by atoms with Crippen LogP contribution >= 0.6 is 27.3 Å². The summed E-state index contributed by atoms with van der Waals surface area (Å²) in [6.45, 7) is 0.455. The maximum atomic E-state index is 12.6. The van der Waals surface area contributed by atoms with Gasteiger partial charge in [0.2, 0.25) is 5.54 Å². The molecule has 0 bridgehead atoms. The number of alkyl halides is 3. The number of carboxylic acid groups (broad SMARTS) is 1. The van der Waals surface area contributed by atoms with Crippen LogP contribution in [0.25, 0.3) is 0 Å². The van der Waals surface area contributed by atoms with Crippen molar-refractivity contribution in [1.82, 2.24) is 5.32 Å². The van der Waals surface area contributed by atoms with Crippen LogP contribution in [0.5, 0.6) is 0 Å². The summed E-state index contributed by atoms with van der Waals surface area (Å²) in [6, 6.07) is 1.64. The Bertz CT molecular complexity index is 421. The molecule has 0 saturated carbocycles. The Labute approximate surface area is 108 Å². The highest BCUT2D eigenvalue weighted by Crippen LogP contribution is 2.31. The van der Waals surface area contributed by atoms with Crippen LogP contribution < -0.4 is 5.32 Å². The highest BCUT2D eigenvalue weighted by atomic mass is 79.9. The zero-order valence-corrected chi connectivity index (χ0v) is 11.0. The SMILES string of the molecule is CC(NCc1cc(Br)cs1)(C(=O)O)C(F)(F)F. The third kappa shape index (κ3) is 3.20. The predicted molar refractivity (Wildman–Crippen MR) is 61.0 cm³/mol. The lowest BCUT2D eigenvalue weighted by atomic mass is 10.0. The van der Waals surface area contributed by atoms with Crippen LogP contribution in [0.4, 0.5) is 13.2 Å². The van der Waals surface area contributed by atoms with Crippen LogP contribution in [0.15, 0.2) is 15.9 Å². The van der Waals surface area contributed by atoms with E-state index in [2.05, 4.69) is 15.9 Å². The van der Waals surface area contributed by atoms with Gasteiger partial charge < -0.3 is 5.11 Å².